The summed E-state index contributed by atoms with van der Waals surface area (Å²) >= 11 is 0. The molecule has 21 heavy (non-hydrogen) atoms. The molecule has 1 heterocycles. The lowest BCUT2D eigenvalue weighted by Crippen LogP contribution is -2.26. The van der Waals surface area contributed by atoms with Gasteiger partial charge in [0.25, 0.3) is 5.91 Å². The van der Waals surface area contributed by atoms with Crippen LogP contribution in [-0.2, 0) is 6.42 Å². The number of aromatic nitrogens is 2. The molecule has 0 spiro atoms. The molecule has 1 aromatic heterocycles. The van der Waals surface area contributed by atoms with Crippen molar-refractivity contribution in [2.45, 2.75) is 6.42 Å². The quantitative estimate of drug-likeness (QED) is 0.763. The summed E-state index contributed by atoms with van der Waals surface area (Å²) in [5, 5.41) is 5.88. The van der Waals surface area contributed by atoms with Crippen LogP contribution in [0.5, 0.6) is 0 Å². The standard InChI is InChI=1S/C16H18N4O/c1-2-9-17-15-11-14(19-12-20-15)16(21)18-10-8-13-6-4-3-5-7-13/h2-7,11-12H,1,8-10H2,(H,18,21)(H,17,19,20). The highest BCUT2D eigenvalue weighted by Crippen LogP contribution is 2.04. The van der Waals surface area contributed by atoms with Crippen LogP contribution in [0.4, 0.5) is 5.82 Å². The van der Waals surface area contributed by atoms with E-state index in [9.17, 15) is 4.79 Å². The van der Waals surface area contributed by atoms with E-state index in [1.807, 2.05) is 30.3 Å². The molecule has 2 aromatic rings. The molecule has 0 aliphatic rings. The molecule has 5 nitrogen and oxygen atoms in total. The Balaban J connectivity index is 1.86. The van der Waals surface area contributed by atoms with Crippen LogP contribution in [0.3, 0.4) is 0 Å². The first-order chi connectivity index (χ1) is 10.3. The molecule has 0 atom stereocenters. The molecule has 5 heteroatoms. The first kappa shape index (κ1) is 14.7. The Bertz CT molecular complexity index is 598. The molecule has 0 saturated heterocycles. The Hall–Kier alpha value is -2.69. The predicted octanol–water partition coefficient (Wildman–Crippen LogP) is 2.05. The molecule has 0 aliphatic carbocycles. The van der Waals surface area contributed by atoms with Gasteiger partial charge in [-0.25, -0.2) is 9.97 Å². The lowest BCUT2D eigenvalue weighted by Gasteiger charge is -2.06. The van der Waals surface area contributed by atoms with Crippen LogP contribution >= 0.6 is 0 Å². The molecule has 1 aromatic carbocycles. The summed E-state index contributed by atoms with van der Waals surface area (Å²) < 4.78 is 0. The van der Waals surface area contributed by atoms with Gasteiger partial charge in [0.15, 0.2) is 0 Å². The second kappa shape index (κ2) is 7.79. The monoisotopic (exact) mass is 282 g/mol. The largest absolute Gasteiger partial charge is 0.366 e. The van der Waals surface area contributed by atoms with Crippen LogP contribution < -0.4 is 10.6 Å². The number of nitrogens with zero attached hydrogens (tertiary/aromatic N) is 2. The summed E-state index contributed by atoms with van der Waals surface area (Å²) in [6.07, 6.45) is 3.89. The van der Waals surface area contributed by atoms with Crippen LogP contribution in [0.25, 0.3) is 0 Å². The van der Waals surface area contributed by atoms with E-state index in [1.54, 1.807) is 12.1 Å². The molecular formula is C16H18N4O. The van der Waals surface area contributed by atoms with Gasteiger partial charge in [0.05, 0.1) is 0 Å². The Morgan fingerprint density at radius 3 is 2.81 bits per heavy atom. The van der Waals surface area contributed by atoms with Gasteiger partial charge in [-0.3, -0.25) is 4.79 Å². The van der Waals surface area contributed by atoms with E-state index in [0.29, 0.717) is 24.6 Å². The number of carbonyl (C=O) groups excluding carboxylic acids is 1. The molecule has 0 radical (unpaired) electrons. The number of benzene rings is 1. The highest BCUT2D eigenvalue weighted by molar-refractivity contribution is 5.92. The fraction of sp³-hybridized carbons (Fsp3) is 0.188. The summed E-state index contributed by atoms with van der Waals surface area (Å²) in [7, 11) is 0. The van der Waals surface area contributed by atoms with Crippen molar-refractivity contribution >= 4 is 11.7 Å². The van der Waals surface area contributed by atoms with Crippen molar-refractivity contribution in [2.75, 3.05) is 18.4 Å². The number of amides is 1. The Morgan fingerprint density at radius 2 is 2.05 bits per heavy atom. The number of hydrogen-bond acceptors (Lipinski definition) is 4. The number of hydrogen-bond donors (Lipinski definition) is 2. The SMILES string of the molecule is C=CCNc1cc(C(=O)NCCc2ccccc2)ncn1. The molecule has 0 unspecified atom stereocenters. The number of carbonyl (C=O) groups is 1. The maximum atomic E-state index is 12.0. The molecule has 1 amide bonds. The van der Waals surface area contributed by atoms with Crippen LogP contribution in [0.15, 0.2) is 55.4 Å². The Morgan fingerprint density at radius 1 is 1.24 bits per heavy atom. The van der Waals surface area contributed by atoms with Crippen LogP contribution in [0.1, 0.15) is 16.1 Å². The van der Waals surface area contributed by atoms with Gasteiger partial charge in [0.2, 0.25) is 0 Å². The van der Waals surface area contributed by atoms with Crippen LogP contribution in [0, 0.1) is 0 Å². The zero-order chi connectivity index (χ0) is 14.9. The average Bonchev–Trinajstić information content (AvgIpc) is 2.54. The second-order valence-electron chi connectivity index (χ2n) is 4.45. The summed E-state index contributed by atoms with van der Waals surface area (Å²) in [6, 6.07) is 11.6. The highest BCUT2D eigenvalue weighted by Gasteiger charge is 2.07. The highest BCUT2D eigenvalue weighted by atomic mass is 16.1. The molecule has 0 bridgehead atoms. The summed E-state index contributed by atoms with van der Waals surface area (Å²) in [4.78, 5) is 20.0. The predicted molar refractivity (Wildman–Crippen MR) is 83.2 cm³/mol. The summed E-state index contributed by atoms with van der Waals surface area (Å²) in [5.74, 6) is 0.410. The van der Waals surface area contributed by atoms with E-state index in [4.69, 9.17) is 0 Å². The van der Waals surface area contributed by atoms with Crippen molar-refractivity contribution in [3.05, 3.63) is 66.6 Å². The van der Waals surface area contributed by atoms with Crippen molar-refractivity contribution in [3.63, 3.8) is 0 Å². The maximum absolute atomic E-state index is 12.0. The maximum Gasteiger partial charge on any atom is 0.270 e. The normalized spacial score (nSPS) is 9.90. The van der Waals surface area contributed by atoms with Crippen molar-refractivity contribution in [3.8, 4) is 0 Å². The van der Waals surface area contributed by atoms with E-state index in [2.05, 4.69) is 27.2 Å². The third-order valence-electron chi connectivity index (χ3n) is 2.87. The Kier molecular flexibility index (Phi) is 5.46. The zero-order valence-electron chi connectivity index (χ0n) is 11.7. The zero-order valence-corrected chi connectivity index (χ0v) is 11.7. The minimum absolute atomic E-state index is 0.199. The molecule has 0 aliphatic heterocycles. The fourth-order valence-corrected chi connectivity index (χ4v) is 1.81. The summed E-state index contributed by atoms with van der Waals surface area (Å²) in [5.41, 5.74) is 1.54. The average molecular weight is 282 g/mol. The lowest BCUT2D eigenvalue weighted by atomic mass is 10.1. The van der Waals surface area contributed by atoms with Crippen molar-refractivity contribution in [1.29, 1.82) is 0 Å². The smallest absolute Gasteiger partial charge is 0.270 e. The first-order valence-electron chi connectivity index (χ1n) is 6.78. The van der Waals surface area contributed by atoms with Gasteiger partial charge in [-0.1, -0.05) is 36.4 Å². The summed E-state index contributed by atoms with van der Waals surface area (Å²) in [6.45, 7) is 4.78. The third kappa shape index (κ3) is 4.72. The lowest BCUT2D eigenvalue weighted by molar-refractivity contribution is 0.0949. The van der Waals surface area contributed by atoms with Crippen molar-refractivity contribution in [1.82, 2.24) is 15.3 Å². The van der Waals surface area contributed by atoms with Gasteiger partial charge in [0.1, 0.15) is 17.8 Å². The van der Waals surface area contributed by atoms with Crippen molar-refractivity contribution < 1.29 is 4.79 Å². The minimum Gasteiger partial charge on any atom is -0.366 e. The molecule has 2 N–H and O–H groups in total. The van der Waals surface area contributed by atoms with E-state index >= 15 is 0 Å². The van der Waals surface area contributed by atoms with E-state index < -0.39 is 0 Å². The second-order valence-corrected chi connectivity index (χ2v) is 4.45. The molecule has 0 fully saturated rings. The van der Waals surface area contributed by atoms with Gasteiger partial charge < -0.3 is 10.6 Å². The van der Waals surface area contributed by atoms with Gasteiger partial charge in [-0.05, 0) is 12.0 Å². The van der Waals surface area contributed by atoms with Gasteiger partial charge in [-0.2, -0.15) is 0 Å². The van der Waals surface area contributed by atoms with Gasteiger partial charge in [0, 0.05) is 19.2 Å². The molecular weight excluding hydrogens is 264 g/mol. The van der Waals surface area contributed by atoms with E-state index in [-0.39, 0.29) is 5.91 Å². The van der Waals surface area contributed by atoms with Gasteiger partial charge in [-0.15, -0.1) is 6.58 Å². The number of nitrogens with one attached hydrogen (secondary N) is 2. The molecule has 108 valence electrons. The van der Waals surface area contributed by atoms with Crippen LogP contribution in [-0.4, -0.2) is 29.0 Å². The van der Waals surface area contributed by atoms with E-state index in [0.717, 1.165) is 6.42 Å². The fourth-order valence-electron chi connectivity index (χ4n) is 1.81. The first-order valence-corrected chi connectivity index (χ1v) is 6.78. The number of anilines is 1. The Labute approximate surface area is 124 Å². The van der Waals surface area contributed by atoms with E-state index in [1.165, 1.54) is 11.9 Å². The minimum atomic E-state index is -0.199. The topological polar surface area (TPSA) is 66.9 Å². The molecule has 2 rings (SSSR count). The van der Waals surface area contributed by atoms with Gasteiger partial charge >= 0.3 is 0 Å². The van der Waals surface area contributed by atoms with Crippen molar-refractivity contribution in [2.24, 2.45) is 0 Å². The van der Waals surface area contributed by atoms with Crippen LogP contribution in [0.2, 0.25) is 0 Å². The molecule has 0 saturated carbocycles. The third-order valence-corrected chi connectivity index (χ3v) is 2.87. The number of rotatable bonds is 7.